The smallest absolute Gasteiger partial charge is 0.263 e. The number of sulfonamides is 1. The van der Waals surface area contributed by atoms with Crippen molar-refractivity contribution in [1.29, 1.82) is 0 Å². The number of rotatable bonds is 6. The number of halogens is 3. The number of hydrogen-bond acceptors (Lipinski definition) is 3. The first-order valence-electron chi connectivity index (χ1n) is 8.33. The van der Waals surface area contributed by atoms with Crippen LogP contribution in [-0.4, -0.2) is 14.3 Å². The summed E-state index contributed by atoms with van der Waals surface area (Å²) in [6, 6.07) is 17.2. The summed E-state index contributed by atoms with van der Waals surface area (Å²) in [6.45, 7) is 0. The van der Waals surface area contributed by atoms with Gasteiger partial charge in [-0.1, -0.05) is 35.3 Å². The molecule has 0 spiro atoms. The van der Waals surface area contributed by atoms with Gasteiger partial charge in [-0.2, -0.15) is 0 Å². The molecule has 0 bridgehead atoms. The van der Waals surface area contributed by atoms with Gasteiger partial charge >= 0.3 is 0 Å². The highest BCUT2D eigenvalue weighted by atomic mass is 35.5. The van der Waals surface area contributed by atoms with E-state index in [9.17, 15) is 13.2 Å². The van der Waals surface area contributed by atoms with E-state index in [0.717, 1.165) is 5.56 Å². The number of nitrogens with one attached hydrogen (secondary N) is 2. The fourth-order valence-corrected chi connectivity index (χ4v) is 4.35. The van der Waals surface area contributed by atoms with Crippen LogP contribution in [0, 0.1) is 0 Å². The molecule has 2 N–H and O–H groups in total. The maximum absolute atomic E-state index is 12.7. The molecule has 0 aliphatic carbocycles. The van der Waals surface area contributed by atoms with Gasteiger partial charge in [-0.05, 0) is 60.2 Å². The Labute approximate surface area is 183 Å². The highest BCUT2D eigenvalue weighted by Crippen LogP contribution is 2.27. The minimum atomic E-state index is -3.98. The van der Waals surface area contributed by atoms with Gasteiger partial charge in [0, 0.05) is 27.8 Å². The summed E-state index contributed by atoms with van der Waals surface area (Å²) >= 11 is 17.7. The molecular formula is C20H15Cl3N2O3S. The molecule has 0 aliphatic rings. The van der Waals surface area contributed by atoms with Crippen LogP contribution in [0.4, 0.5) is 11.4 Å². The van der Waals surface area contributed by atoms with Gasteiger partial charge < -0.3 is 5.32 Å². The molecule has 0 aliphatic heterocycles. The van der Waals surface area contributed by atoms with Crippen LogP contribution in [0.3, 0.4) is 0 Å². The largest absolute Gasteiger partial charge is 0.322 e. The maximum Gasteiger partial charge on any atom is 0.263 e. The third-order valence-electron chi connectivity index (χ3n) is 3.95. The van der Waals surface area contributed by atoms with Crippen molar-refractivity contribution in [1.82, 2.24) is 0 Å². The molecular weight excluding hydrogens is 455 g/mol. The van der Waals surface area contributed by atoms with Crippen LogP contribution >= 0.6 is 34.8 Å². The molecule has 0 unspecified atom stereocenters. The summed E-state index contributed by atoms with van der Waals surface area (Å²) in [7, 11) is -3.98. The minimum absolute atomic E-state index is 0.0240. The standard InChI is InChI=1S/C20H15Cl3N2O3S/c21-12-13-1-3-14(4-2-13)20(26)24-17-9-10-18(23)19(11-17)29(27,28)25-16-7-5-15(22)6-8-16/h1-11,25H,12H2,(H,24,26). The lowest BCUT2D eigenvalue weighted by atomic mass is 10.1. The first-order chi connectivity index (χ1) is 13.8. The van der Waals surface area contributed by atoms with Crippen LogP contribution < -0.4 is 10.0 Å². The fraction of sp³-hybridized carbons (Fsp3) is 0.0500. The summed E-state index contributed by atoms with van der Waals surface area (Å²) in [5.41, 5.74) is 1.92. The van der Waals surface area contributed by atoms with Crippen LogP contribution in [0.2, 0.25) is 10.0 Å². The Balaban J connectivity index is 1.83. The predicted octanol–water partition coefficient (Wildman–Crippen LogP) is 5.79. The number of hydrogen-bond donors (Lipinski definition) is 2. The molecule has 0 atom stereocenters. The molecule has 29 heavy (non-hydrogen) atoms. The highest BCUT2D eigenvalue weighted by Gasteiger charge is 2.19. The quantitative estimate of drug-likeness (QED) is 0.449. The van der Waals surface area contributed by atoms with Gasteiger partial charge in [-0.15, -0.1) is 11.6 Å². The number of alkyl halides is 1. The van der Waals surface area contributed by atoms with E-state index < -0.39 is 10.0 Å². The summed E-state index contributed by atoms with van der Waals surface area (Å²) in [5.74, 6) is -0.0385. The summed E-state index contributed by atoms with van der Waals surface area (Å²) in [6.07, 6.45) is 0. The minimum Gasteiger partial charge on any atom is -0.322 e. The highest BCUT2D eigenvalue weighted by molar-refractivity contribution is 7.92. The lowest BCUT2D eigenvalue weighted by Gasteiger charge is -2.12. The average molecular weight is 470 g/mol. The number of benzene rings is 3. The monoisotopic (exact) mass is 468 g/mol. The average Bonchev–Trinajstić information content (AvgIpc) is 2.71. The maximum atomic E-state index is 12.7. The van der Waals surface area contributed by atoms with Gasteiger partial charge in [0.25, 0.3) is 15.9 Å². The van der Waals surface area contributed by atoms with E-state index in [4.69, 9.17) is 34.8 Å². The topological polar surface area (TPSA) is 75.3 Å². The first kappa shape index (κ1) is 21.5. The molecule has 0 fully saturated rings. The molecule has 0 saturated heterocycles. The van der Waals surface area contributed by atoms with E-state index in [2.05, 4.69) is 10.0 Å². The third-order valence-corrected chi connectivity index (χ3v) is 6.37. The molecule has 1 amide bonds. The predicted molar refractivity (Wildman–Crippen MR) is 118 cm³/mol. The molecule has 0 aromatic heterocycles. The summed E-state index contributed by atoms with van der Waals surface area (Å²) in [5, 5.41) is 3.17. The lowest BCUT2D eigenvalue weighted by Crippen LogP contribution is -2.15. The van der Waals surface area contributed by atoms with Crippen LogP contribution in [-0.2, 0) is 15.9 Å². The van der Waals surface area contributed by atoms with E-state index in [1.54, 1.807) is 36.4 Å². The fourth-order valence-electron chi connectivity index (χ4n) is 2.46. The van der Waals surface area contributed by atoms with Gasteiger partial charge in [-0.25, -0.2) is 8.42 Å². The van der Waals surface area contributed by atoms with Crippen molar-refractivity contribution >= 4 is 62.1 Å². The Bertz CT molecular complexity index is 1130. The Hall–Kier alpha value is -2.25. The Morgan fingerprint density at radius 1 is 0.862 bits per heavy atom. The third kappa shape index (κ3) is 5.42. The first-order valence-corrected chi connectivity index (χ1v) is 11.1. The van der Waals surface area contributed by atoms with Crippen molar-refractivity contribution in [3.8, 4) is 0 Å². The van der Waals surface area contributed by atoms with E-state index >= 15 is 0 Å². The zero-order valence-electron chi connectivity index (χ0n) is 14.8. The SMILES string of the molecule is O=C(Nc1ccc(Cl)c(S(=O)(=O)Nc2ccc(Cl)cc2)c1)c1ccc(CCl)cc1. The molecule has 3 aromatic carbocycles. The summed E-state index contributed by atoms with van der Waals surface area (Å²) < 4.78 is 27.9. The number of anilines is 2. The van der Waals surface area contributed by atoms with Crippen molar-refractivity contribution in [3.63, 3.8) is 0 Å². The Morgan fingerprint density at radius 3 is 2.10 bits per heavy atom. The van der Waals surface area contributed by atoms with E-state index in [0.29, 0.717) is 22.2 Å². The van der Waals surface area contributed by atoms with Crippen LogP contribution in [0.25, 0.3) is 0 Å². The van der Waals surface area contributed by atoms with Crippen molar-refractivity contribution in [2.75, 3.05) is 10.0 Å². The van der Waals surface area contributed by atoms with Crippen molar-refractivity contribution < 1.29 is 13.2 Å². The zero-order valence-corrected chi connectivity index (χ0v) is 17.9. The molecule has 0 radical (unpaired) electrons. The van der Waals surface area contributed by atoms with Crippen molar-refractivity contribution in [2.24, 2.45) is 0 Å². The van der Waals surface area contributed by atoms with E-state index in [1.165, 1.54) is 30.3 Å². The molecule has 0 heterocycles. The van der Waals surface area contributed by atoms with Crippen LogP contribution in [0.5, 0.6) is 0 Å². The molecule has 0 saturated carbocycles. The molecule has 3 rings (SSSR count). The second-order valence-electron chi connectivity index (χ2n) is 6.04. The summed E-state index contributed by atoms with van der Waals surface area (Å²) in [4.78, 5) is 12.3. The van der Waals surface area contributed by atoms with Crippen molar-refractivity contribution in [3.05, 3.63) is 87.9 Å². The van der Waals surface area contributed by atoms with Gasteiger partial charge in [0.1, 0.15) is 4.90 Å². The van der Waals surface area contributed by atoms with Crippen LogP contribution in [0.15, 0.2) is 71.6 Å². The van der Waals surface area contributed by atoms with E-state index in [-0.39, 0.29) is 21.5 Å². The number of amides is 1. The van der Waals surface area contributed by atoms with E-state index in [1.807, 2.05) is 0 Å². The Morgan fingerprint density at radius 2 is 1.48 bits per heavy atom. The number of carbonyl (C=O) groups is 1. The molecule has 150 valence electrons. The molecule has 9 heteroatoms. The molecule has 3 aromatic rings. The molecule has 5 nitrogen and oxygen atoms in total. The van der Waals surface area contributed by atoms with Crippen molar-refractivity contribution in [2.45, 2.75) is 10.8 Å². The second kappa shape index (κ2) is 9.05. The lowest BCUT2D eigenvalue weighted by molar-refractivity contribution is 0.102. The Kier molecular flexibility index (Phi) is 6.70. The van der Waals surface area contributed by atoms with Gasteiger partial charge in [0.15, 0.2) is 0 Å². The van der Waals surface area contributed by atoms with Gasteiger partial charge in [0.2, 0.25) is 0 Å². The number of carbonyl (C=O) groups excluding carboxylic acids is 1. The zero-order chi connectivity index (χ0) is 21.0. The van der Waals surface area contributed by atoms with Crippen LogP contribution in [0.1, 0.15) is 15.9 Å². The van der Waals surface area contributed by atoms with Gasteiger partial charge in [-0.3, -0.25) is 9.52 Å². The normalized spacial score (nSPS) is 11.1. The second-order valence-corrected chi connectivity index (χ2v) is 8.80. The van der Waals surface area contributed by atoms with Gasteiger partial charge in [0.05, 0.1) is 5.02 Å².